The van der Waals surface area contributed by atoms with E-state index in [9.17, 15) is 28.8 Å². The topological polar surface area (TPSA) is 192 Å². The van der Waals surface area contributed by atoms with Crippen molar-refractivity contribution in [2.24, 2.45) is 0 Å². The smallest absolute Gasteiger partial charge is 0.335 e. The van der Waals surface area contributed by atoms with Crippen LogP contribution in [0.1, 0.15) is 38.5 Å². The van der Waals surface area contributed by atoms with Crippen molar-refractivity contribution in [3.8, 4) is 0 Å². The Morgan fingerprint density at radius 3 is 1.29 bits per heavy atom. The molecule has 0 bridgehead atoms. The van der Waals surface area contributed by atoms with E-state index in [0.717, 1.165) is 4.90 Å². The minimum Gasteiger partial charge on any atom is -0.379 e. The van der Waals surface area contributed by atoms with Gasteiger partial charge in [-0.05, 0) is 6.42 Å². The summed E-state index contributed by atoms with van der Waals surface area (Å²) in [5, 5.41) is 0.511. The molecule has 0 aromatic rings. The molecule has 0 atom stereocenters. The van der Waals surface area contributed by atoms with Crippen LogP contribution in [-0.2, 0) is 71.5 Å². The second-order valence-electron chi connectivity index (χ2n) is 10.2. The Morgan fingerprint density at radius 2 is 0.875 bits per heavy atom. The standard InChI is InChI=1S/C31H48N2O15/c34-26(7-9-32-27(35)3-4-28(32)36)2-1-10-40-12-14-42-16-18-44-20-22-46-24-25-47-23-21-45-19-17-43-15-13-41-11-8-31(39)48-33-29(37)5-6-30(33)38/h3-4H,1-2,5-25H2. The zero-order chi connectivity index (χ0) is 34.7. The summed E-state index contributed by atoms with van der Waals surface area (Å²) in [6.07, 6.45) is 3.48. The van der Waals surface area contributed by atoms with Crippen LogP contribution in [0, 0.1) is 0 Å². The highest BCUT2D eigenvalue weighted by Gasteiger charge is 2.32. The number of nitrogens with zero attached hydrogens (tertiary/aromatic N) is 2. The molecule has 2 rings (SSSR count). The van der Waals surface area contributed by atoms with Gasteiger partial charge in [0.2, 0.25) is 0 Å². The second kappa shape index (κ2) is 26.8. The number of carbonyl (C=O) groups excluding carboxylic acids is 6. The molecule has 48 heavy (non-hydrogen) atoms. The van der Waals surface area contributed by atoms with Crippen LogP contribution in [0.5, 0.6) is 0 Å². The van der Waals surface area contributed by atoms with E-state index in [1.807, 2.05) is 0 Å². The number of hydrogen-bond donors (Lipinski definition) is 0. The predicted molar refractivity (Wildman–Crippen MR) is 163 cm³/mol. The van der Waals surface area contributed by atoms with Crippen LogP contribution in [0.15, 0.2) is 12.2 Å². The third-order valence-corrected chi connectivity index (χ3v) is 6.51. The van der Waals surface area contributed by atoms with E-state index in [2.05, 4.69) is 0 Å². The molecule has 2 heterocycles. The van der Waals surface area contributed by atoms with Crippen LogP contribution in [0.2, 0.25) is 0 Å². The fraction of sp³-hybridized carbons (Fsp3) is 0.742. The van der Waals surface area contributed by atoms with Gasteiger partial charge in [-0.1, -0.05) is 0 Å². The Morgan fingerprint density at radius 1 is 0.500 bits per heavy atom. The Balaban J connectivity index is 1.19. The molecule has 2 aliphatic rings. The molecule has 4 amide bonds. The van der Waals surface area contributed by atoms with Gasteiger partial charge in [-0.15, -0.1) is 5.06 Å². The van der Waals surface area contributed by atoms with Crippen molar-refractivity contribution in [1.29, 1.82) is 0 Å². The third-order valence-electron chi connectivity index (χ3n) is 6.51. The lowest BCUT2D eigenvalue weighted by atomic mass is 10.1. The van der Waals surface area contributed by atoms with Gasteiger partial charge in [-0.2, -0.15) is 0 Å². The third kappa shape index (κ3) is 19.6. The van der Waals surface area contributed by atoms with Crippen molar-refractivity contribution in [3.63, 3.8) is 0 Å². The quantitative estimate of drug-likeness (QED) is 0.0665. The molecular formula is C31H48N2O15. The molecule has 0 spiro atoms. The summed E-state index contributed by atoms with van der Waals surface area (Å²) in [6.45, 7) is 6.29. The average Bonchev–Trinajstić information content (AvgIpc) is 3.57. The average molecular weight is 689 g/mol. The van der Waals surface area contributed by atoms with E-state index in [-0.39, 0.29) is 63.0 Å². The predicted octanol–water partition coefficient (Wildman–Crippen LogP) is -0.219. The van der Waals surface area contributed by atoms with Gasteiger partial charge in [-0.3, -0.25) is 28.9 Å². The van der Waals surface area contributed by atoms with Crippen molar-refractivity contribution < 1.29 is 71.5 Å². The summed E-state index contributed by atoms with van der Waals surface area (Å²) in [5.74, 6) is -2.51. The number of hydroxylamine groups is 2. The first kappa shape index (κ1) is 41.0. The number of Topliss-reactive ketones (excluding diaryl/α,β-unsaturated/α-hetero) is 1. The van der Waals surface area contributed by atoms with Gasteiger partial charge >= 0.3 is 5.97 Å². The van der Waals surface area contributed by atoms with Crippen molar-refractivity contribution in [2.75, 3.05) is 112 Å². The van der Waals surface area contributed by atoms with Gasteiger partial charge in [0, 0.05) is 51.0 Å². The lowest BCUT2D eigenvalue weighted by molar-refractivity contribution is -0.198. The monoisotopic (exact) mass is 688 g/mol. The van der Waals surface area contributed by atoms with E-state index in [1.165, 1.54) is 12.2 Å². The maximum atomic E-state index is 11.9. The molecule has 0 aromatic carbocycles. The van der Waals surface area contributed by atoms with Crippen molar-refractivity contribution >= 4 is 35.4 Å². The minimum atomic E-state index is -0.708. The van der Waals surface area contributed by atoms with E-state index in [4.69, 9.17) is 42.7 Å². The molecule has 17 nitrogen and oxygen atoms in total. The van der Waals surface area contributed by atoms with Crippen molar-refractivity contribution in [1.82, 2.24) is 9.96 Å². The first-order chi connectivity index (χ1) is 23.4. The van der Waals surface area contributed by atoms with Gasteiger partial charge in [-0.25, -0.2) is 4.79 Å². The number of amides is 4. The molecule has 0 aliphatic carbocycles. The largest absolute Gasteiger partial charge is 0.379 e. The van der Waals surface area contributed by atoms with E-state index in [1.54, 1.807) is 0 Å². The summed E-state index contributed by atoms with van der Waals surface area (Å²) >= 11 is 0. The normalized spacial score (nSPS) is 14.6. The van der Waals surface area contributed by atoms with Crippen LogP contribution in [0.3, 0.4) is 0 Å². The van der Waals surface area contributed by atoms with E-state index >= 15 is 0 Å². The highest BCUT2D eigenvalue weighted by Crippen LogP contribution is 2.12. The number of hydrogen-bond acceptors (Lipinski definition) is 15. The maximum Gasteiger partial charge on any atom is 0.335 e. The fourth-order valence-electron chi connectivity index (χ4n) is 3.99. The molecule has 272 valence electrons. The summed E-state index contributed by atoms with van der Waals surface area (Å²) in [7, 11) is 0. The van der Waals surface area contributed by atoms with Crippen molar-refractivity contribution in [2.45, 2.75) is 38.5 Å². The van der Waals surface area contributed by atoms with Gasteiger partial charge in [0.15, 0.2) is 0 Å². The van der Waals surface area contributed by atoms with E-state index in [0.29, 0.717) is 110 Å². The molecule has 1 fully saturated rings. The molecule has 0 saturated carbocycles. The van der Waals surface area contributed by atoms with Gasteiger partial charge in [0.05, 0.1) is 106 Å². The van der Waals surface area contributed by atoms with E-state index < -0.39 is 17.8 Å². The Bertz CT molecular complexity index is 988. The lowest BCUT2D eigenvalue weighted by Gasteiger charge is -2.12. The van der Waals surface area contributed by atoms with Crippen LogP contribution in [0.25, 0.3) is 0 Å². The van der Waals surface area contributed by atoms with Crippen LogP contribution in [-0.4, -0.2) is 158 Å². The highest BCUT2D eigenvalue weighted by molar-refractivity contribution is 6.13. The highest BCUT2D eigenvalue weighted by atomic mass is 16.7. The SMILES string of the molecule is O=C(CCCOCCOCCOCCOCCOCCOCCOCCOCCC(=O)ON1C(=O)CCC1=O)CCN1C(=O)C=CC1=O. The van der Waals surface area contributed by atoms with Crippen LogP contribution < -0.4 is 0 Å². The molecular weight excluding hydrogens is 640 g/mol. The van der Waals surface area contributed by atoms with Gasteiger partial charge in [0.25, 0.3) is 23.6 Å². The number of imide groups is 2. The Kier molecular flexibility index (Phi) is 22.9. The molecule has 2 aliphatic heterocycles. The zero-order valence-corrected chi connectivity index (χ0v) is 27.4. The summed E-state index contributed by atoms with van der Waals surface area (Å²) < 4.78 is 43.2. The Labute approximate surface area is 279 Å². The zero-order valence-electron chi connectivity index (χ0n) is 27.4. The van der Waals surface area contributed by atoms with Crippen molar-refractivity contribution in [3.05, 3.63) is 12.2 Å². The molecule has 0 radical (unpaired) electrons. The summed E-state index contributed by atoms with van der Waals surface area (Å²) in [4.78, 5) is 75.0. The Hall–Kier alpha value is -3.16. The number of carbonyl (C=O) groups is 6. The van der Waals surface area contributed by atoms with Gasteiger partial charge < -0.3 is 42.7 Å². The summed E-state index contributed by atoms with van der Waals surface area (Å²) in [6, 6.07) is 0. The van der Waals surface area contributed by atoms with Gasteiger partial charge in [0.1, 0.15) is 5.78 Å². The number of ether oxygens (including phenoxy) is 8. The summed E-state index contributed by atoms with van der Waals surface area (Å²) in [5.41, 5.74) is 0. The first-order valence-corrected chi connectivity index (χ1v) is 16.1. The first-order valence-electron chi connectivity index (χ1n) is 16.1. The maximum absolute atomic E-state index is 11.9. The fourth-order valence-corrected chi connectivity index (χ4v) is 3.99. The molecule has 0 N–H and O–H groups in total. The lowest BCUT2D eigenvalue weighted by Crippen LogP contribution is -2.32. The molecule has 0 unspecified atom stereocenters. The molecule has 0 aromatic heterocycles. The van der Waals surface area contributed by atoms with Crippen LogP contribution >= 0.6 is 0 Å². The molecule has 17 heteroatoms. The number of rotatable bonds is 32. The number of ketones is 1. The molecule has 1 saturated heterocycles. The minimum absolute atomic E-state index is 0.0149. The second-order valence-corrected chi connectivity index (χ2v) is 10.2. The van der Waals surface area contributed by atoms with Crippen LogP contribution in [0.4, 0.5) is 0 Å².